The highest BCUT2D eigenvalue weighted by Crippen LogP contribution is 2.34. The largest absolute Gasteiger partial charge is 0.495 e. The van der Waals surface area contributed by atoms with Crippen molar-refractivity contribution in [3.63, 3.8) is 0 Å². The minimum atomic E-state index is -4.20. The monoisotopic (exact) mass is 579 g/mol. The van der Waals surface area contributed by atoms with Crippen LogP contribution in [0.3, 0.4) is 0 Å². The Labute approximate surface area is 244 Å². The maximum atomic E-state index is 14.1. The fourth-order valence-corrected chi connectivity index (χ4v) is 5.83. The highest BCUT2D eigenvalue weighted by Gasteiger charge is 2.34. The summed E-state index contributed by atoms with van der Waals surface area (Å²) in [6.07, 6.45) is 0. The van der Waals surface area contributed by atoms with Crippen molar-refractivity contribution in [2.24, 2.45) is 0 Å². The van der Waals surface area contributed by atoms with Crippen LogP contribution in [0.25, 0.3) is 0 Å². The SMILES string of the molecule is COc1ccc(C)cc1N(CC(=O)N(Cc1cccc(C)c1)[C@H](C)C(=O)NC(C)(C)C)S(=O)(=O)c1ccc(C)cc1. The summed E-state index contributed by atoms with van der Waals surface area (Å²) in [6.45, 7) is 12.5. The molecule has 3 rings (SSSR count). The number of nitrogens with zero attached hydrogens (tertiary/aromatic N) is 2. The van der Waals surface area contributed by atoms with E-state index < -0.39 is 34.1 Å². The first-order valence-electron chi connectivity index (χ1n) is 13.5. The van der Waals surface area contributed by atoms with Gasteiger partial charge in [-0.3, -0.25) is 13.9 Å². The molecule has 8 nitrogen and oxygen atoms in total. The number of hydrogen-bond donors (Lipinski definition) is 1. The highest BCUT2D eigenvalue weighted by molar-refractivity contribution is 7.92. The summed E-state index contributed by atoms with van der Waals surface area (Å²) in [5.41, 5.74) is 3.27. The molecule has 0 aliphatic heterocycles. The number of aryl methyl sites for hydroxylation is 3. The number of hydrogen-bond acceptors (Lipinski definition) is 5. The number of nitrogens with one attached hydrogen (secondary N) is 1. The number of sulfonamides is 1. The third-order valence-electron chi connectivity index (χ3n) is 6.59. The van der Waals surface area contributed by atoms with E-state index in [9.17, 15) is 18.0 Å². The summed E-state index contributed by atoms with van der Waals surface area (Å²) in [4.78, 5) is 28.9. The van der Waals surface area contributed by atoms with Gasteiger partial charge in [-0.1, -0.05) is 53.6 Å². The number of amides is 2. The molecule has 0 saturated heterocycles. The smallest absolute Gasteiger partial charge is 0.264 e. The van der Waals surface area contributed by atoms with E-state index in [0.717, 1.165) is 26.6 Å². The third kappa shape index (κ3) is 8.10. The number of carbonyl (C=O) groups excluding carboxylic acids is 2. The molecule has 0 aromatic heterocycles. The zero-order chi connectivity index (χ0) is 30.5. The summed E-state index contributed by atoms with van der Waals surface area (Å²) in [5.74, 6) is -0.551. The number of rotatable bonds is 10. The molecule has 2 amide bonds. The number of methoxy groups -OCH3 is 1. The lowest BCUT2D eigenvalue weighted by Gasteiger charge is -2.34. The lowest BCUT2D eigenvalue weighted by molar-refractivity contribution is -0.140. The molecule has 0 fully saturated rings. The molecule has 0 heterocycles. The first kappa shape index (κ1) is 31.7. The molecule has 0 spiro atoms. The van der Waals surface area contributed by atoms with Gasteiger partial charge >= 0.3 is 0 Å². The zero-order valence-electron chi connectivity index (χ0n) is 25.2. The molecule has 0 aliphatic rings. The van der Waals surface area contributed by atoms with Gasteiger partial charge in [0.2, 0.25) is 11.8 Å². The van der Waals surface area contributed by atoms with Gasteiger partial charge in [0, 0.05) is 12.1 Å². The van der Waals surface area contributed by atoms with E-state index in [1.165, 1.54) is 24.1 Å². The molecular weight excluding hydrogens is 538 g/mol. The summed E-state index contributed by atoms with van der Waals surface area (Å²) < 4.78 is 34.8. The van der Waals surface area contributed by atoms with Crippen molar-refractivity contribution < 1.29 is 22.7 Å². The van der Waals surface area contributed by atoms with Crippen molar-refractivity contribution in [3.05, 3.63) is 89.0 Å². The molecule has 1 N–H and O–H groups in total. The second-order valence-electron chi connectivity index (χ2n) is 11.4. The number of carbonyl (C=O) groups is 2. The van der Waals surface area contributed by atoms with Crippen LogP contribution in [0, 0.1) is 20.8 Å². The van der Waals surface area contributed by atoms with Crippen molar-refractivity contribution in [2.45, 2.75) is 71.5 Å². The molecule has 9 heteroatoms. The van der Waals surface area contributed by atoms with Crippen LogP contribution in [0.4, 0.5) is 5.69 Å². The van der Waals surface area contributed by atoms with E-state index in [2.05, 4.69) is 5.32 Å². The molecule has 3 aromatic carbocycles. The predicted molar refractivity (Wildman–Crippen MR) is 163 cm³/mol. The molecule has 220 valence electrons. The van der Waals surface area contributed by atoms with Gasteiger partial charge in [0.1, 0.15) is 18.3 Å². The number of benzene rings is 3. The first-order chi connectivity index (χ1) is 19.1. The number of ether oxygens (including phenoxy) is 1. The second kappa shape index (κ2) is 12.8. The second-order valence-corrected chi connectivity index (χ2v) is 13.3. The van der Waals surface area contributed by atoms with Crippen molar-refractivity contribution in [3.8, 4) is 5.75 Å². The van der Waals surface area contributed by atoms with Gasteiger partial charge in [-0.15, -0.1) is 0 Å². The van der Waals surface area contributed by atoms with Crippen LogP contribution in [0.2, 0.25) is 0 Å². The Bertz CT molecular complexity index is 1490. The standard InChI is InChI=1S/C32H41N3O5S/c1-22-12-15-27(16-13-22)41(38,39)35(28-19-24(3)14-17-29(28)40-8)21-30(36)34(20-26-11-9-10-23(2)18-26)25(4)31(37)33-32(5,6)7/h9-19,25H,20-21H2,1-8H3,(H,33,37)/t25-/m1/s1. The van der Waals surface area contributed by atoms with Crippen LogP contribution in [0.15, 0.2) is 71.6 Å². The van der Waals surface area contributed by atoms with Crippen molar-refractivity contribution in [1.29, 1.82) is 0 Å². The van der Waals surface area contributed by atoms with Crippen LogP contribution in [-0.2, 0) is 26.2 Å². The maximum absolute atomic E-state index is 14.1. The highest BCUT2D eigenvalue weighted by atomic mass is 32.2. The average molecular weight is 580 g/mol. The zero-order valence-corrected chi connectivity index (χ0v) is 26.0. The van der Waals surface area contributed by atoms with Crippen LogP contribution in [0.1, 0.15) is 49.9 Å². The minimum absolute atomic E-state index is 0.0446. The van der Waals surface area contributed by atoms with Gasteiger partial charge in [-0.05, 0) is 83.9 Å². The fraction of sp³-hybridized carbons (Fsp3) is 0.375. The summed E-state index contributed by atoms with van der Waals surface area (Å²) in [5, 5.41) is 2.94. The third-order valence-corrected chi connectivity index (χ3v) is 8.37. The fourth-order valence-electron chi connectivity index (χ4n) is 4.41. The Hall–Kier alpha value is -3.85. The molecule has 3 aromatic rings. The predicted octanol–water partition coefficient (Wildman–Crippen LogP) is 5.15. The van der Waals surface area contributed by atoms with Crippen molar-refractivity contribution >= 4 is 27.5 Å². The van der Waals surface area contributed by atoms with Gasteiger partial charge in [-0.25, -0.2) is 8.42 Å². The summed E-state index contributed by atoms with van der Waals surface area (Å²) >= 11 is 0. The van der Waals surface area contributed by atoms with E-state index in [4.69, 9.17) is 4.74 Å². The van der Waals surface area contributed by atoms with Crippen LogP contribution in [0.5, 0.6) is 5.75 Å². The Kier molecular flexibility index (Phi) is 9.86. The molecule has 41 heavy (non-hydrogen) atoms. The molecular formula is C32H41N3O5S. The van der Waals surface area contributed by atoms with E-state index >= 15 is 0 Å². The Morgan fingerprint density at radius 1 is 0.902 bits per heavy atom. The van der Waals surface area contributed by atoms with Gasteiger partial charge in [0.05, 0.1) is 17.7 Å². The van der Waals surface area contributed by atoms with E-state index in [1.807, 2.05) is 71.9 Å². The molecule has 0 unspecified atom stereocenters. The van der Waals surface area contributed by atoms with Crippen molar-refractivity contribution in [1.82, 2.24) is 10.2 Å². The topological polar surface area (TPSA) is 96.0 Å². The van der Waals surface area contributed by atoms with Gasteiger partial charge in [-0.2, -0.15) is 0 Å². The van der Waals surface area contributed by atoms with Gasteiger partial charge in [0.15, 0.2) is 0 Å². The van der Waals surface area contributed by atoms with E-state index in [1.54, 1.807) is 31.2 Å². The summed E-state index contributed by atoms with van der Waals surface area (Å²) in [6, 6.07) is 18.4. The Morgan fingerprint density at radius 2 is 1.51 bits per heavy atom. The van der Waals surface area contributed by atoms with Crippen LogP contribution in [-0.4, -0.2) is 50.4 Å². The molecule has 1 atom stereocenters. The molecule has 0 saturated carbocycles. The molecule has 0 radical (unpaired) electrons. The maximum Gasteiger partial charge on any atom is 0.264 e. The summed E-state index contributed by atoms with van der Waals surface area (Å²) in [7, 11) is -2.74. The molecule has 0 aliphatic carbocycles. The lowest BCUT2D eigenvalue weighted by atomic mass is 10.1. The van der Waals surface area contributed by atoms with Gasteiger partial charge < -0.3 is 15.0 Å². The minimum Gasteiger partial charge on any atom is -0.495 e. The van der Waals surface area contributed by atoms with Crippen molar-refractivity contribution in [2.75, 3.05) is 18.0 Å². The van der Waals surface area contributed by atoms with Crippen LogP contribution >= 0.6 is 0 Å². The van der Waals surface area contributed by atoms with Crippen LogP contribution < -0.4 is 14.4 Å². The number of anilines is 1. The Balaban J connectivity index is 2.11. The lowest BCUT2D eigenvalue weighted by Crippen LogP contribution is -2.54. The molecule has 0 bridgehead atoms. The Morgan fingerprint density at radius 3 is 2.10 bits per heavy atom. The normalized spacial score (nSPS) is 12.4. The van der Waals surface area contributed by atoms with Gasteiger partial charge in [0.25, 0.3) is 10.0 Å². The average Bonchev–Trinajstić information content (AvgIpc) is 2.89. The van der Waals surface area contributed by atoms with E-state index in [-0.39, 0.29) is 23.0 Å². The van der Waals surface area contributed by atoms with E-state index in [0.29, 0.717) is 5.75 Å². The first-order valence-corrected chi connectivity index (χ1v) is 15.0. The quantitative estimate of drug-likeness (QED) is 0.359.